The van der Waals surface area contributed by atoms with Crippen molar-refractivity contribution in [3.63, 3.8) is 0 Å². The predicted octanol–water partition coefficient (Wildman–Crippen LogP) is 2.42. The van der Waals surface area contributed by atoms with E-state index in [4.69, 9.17) is 5.26 Å². The van der Waals surface area contributed by atoms with Crippen LogP contribution in [-0.4, -0.2) is 25.0 Å². The van der Waals surface area contributed by atoms with Crippen LogP contribution < -0.4 is 10.2 Å². The van der Waals surface area contributed by atoms with Crippen molar-refractivity contribution in [1.82, 2.24) is 5.32 Å². The number of hydrogen-bond donors (Lipinski definition) is 1. The van der Waals surface area contributed by atoms with Crippen LogP contribution in [0.2, 0.25) is 0 Å². The zero-order valence-corrected chi connectivity index (χ0v) is 13.1. The van der Waals surface area contributed by atoms with E-state index in [2.05, 4.69) is 35.3 Å². The number of fused-ring (bicyclic) bond motifs is 1. The Morgan fingerprint density at radius 3 is 3.05 bits per heavy atom. The maximum atomic E-state index is 12.4. The second-order valence-corrected chi connectivity index (χ2v) is 6.51. The first kappa shape index (κ1) is 14.9. The predicted molar refractivity (Wildman–Crippen MR) is 86.6 cm³/mol. The molecule has 1 fully saturated rings. The summed E-state index contributed by atoms with van der Waals surface area (Å²) in [6, 6.07) is 8.35. The van der Waals surface area contributed by atoms with Gasteiger partial charge in [0, 0.05) is 12.2 Å². The maximum absolute atomic E-state index is 12.4. The van der Waals surface area contributed by atoms with E-state index in [1.165, 1.54) is 29.7 Å². The van der Waals surface area contributed by atoms with Crippen LogP contribution in [0.1, 0.15) is 37.3 Å². The van der Waals surface area contributed by atoms with E-state index >= 15 is 0 Å². The highest BCUT2D eigenvalue weighted by atomic mass is 16.2. The molecule has 1 amide bonds. The Balaban J connectivity index is 1.89. The van der Waals surface area contributed by atoms with Crippen LogP contribution in [0.4, 0.5) is 5.69 Å². The van der Waals surface area contributed by atoms with E-state index in [-0.39, 0.29) is 18.5 Å². The van der Waals surface area contributed by atoms with Gasteiger partial charge in [-0.3, -0.25) is 4.79 Å². The Labute approximate surface area is 132 Å². The van der Waals surface area contributed by atoms with Crippen molar-refractivity contribution in [2.45, 2.75) is 45.1 Å². The van der Waals surface area contributed by atoms with Gasteiger partial charge >= 0.3 is 0 Å². The molecule has 1 aromatic rings. The van der Waals surface area contributed by atoms with Gasteiger partial charge in [-0.15, -0.1) is 0 Å². The van der Waals surface area contributed by atoms with Gasteiger partial charge in [0.25, 0.3) is 0 Å². The summed E-state index contributed by atoms with van der Waals surface area (Å²) in [5, 5.41) is 11.4. The van der Waals surface area contributed by atoms with Crippen molar-refractivity contribution in [1.29, 1.82) is 5.26 Å². The van der Waals surface area contributed by atoms with Crippen molar-refractivity contribution in [3.05, 3.63) is 29.3 Å². The molecule has 1 unspecified atom stereocenters. The first-order chi connectivity index (χ1) is 10.7. The Bertz CT molecular complexity index is 605. The average Bonchev–Trinajstić information content (AvgIpc) is 2.94. The molecule has 4 heteroatoms. The van der Waals surface area contributed by atoms with Gasteiger partial charge in [0.15, 0.2) is 0 Å². The Hall–Kier alpha value is -2.02. The van der Waals surface area contributed by atoms with E-state index in [0.717, 1.165) is 25.8 Å². The fourth-order valence-corrected chi connectivity index (χ4v) is 3.84. The van der Waals surface area contributed by atoms with E-state index in [0.29, 0.717) is 5.92 Å². The molecular weight excluding hydrogens is 274 g/mol. The van der Waals surface area contributed by atoms with Crippen LogP contribution in [0.5, 0.6) is 0 Å². The van der Waals surface area contributed by atoms with Crippen LogP contribution in [0.15, 0.2) is 18.2 Å². The van der Waals surface area contributed by atoms with Crippen LogP contribution in [0.25, 0.3) is 0 Å². The molecule has 1 N–H and O–H groups in total. The summed E-state index contributed by atoms with van der Waals surface area (Å²) in [5.74, 6) is 0.483. The molecule has 3 rings (SSSR count). The lowest BCUT2D eigenvalue weighted by molar-refractivity contribution is -0.122. The number of hydrogen-bond acceptors (Lipinski definition) is 3. The van der Waals surface area contributed by atoms with Crippen molar-refractivity contribution >= 4 is 11.6 Å². The fourth-order valence-electron chi connectivity index (χ4n) is 3.84. The third kappa shape index (κ3) is 2.81. The molecule has 1 aliphatic heterocycles. The number of carbonyl (C=O) groups is 1. The smallest absolute Gasteiger partial charge is 0.243 e. The molecular formula is C18H23N3O. The quantitative estimate of drug-likeness (QED) is 0.872. The van der Waals surface area contributed by atoms with Crippen LogP contribution >= 0.6 is 0 Å². The summed E-state index contributed by atoms with van der Waals surface area (Å²) in [6.45, 7) is 3.20. The van der Waals surface area contributed by atoms with E-state index in [1.54, 1.807) is 0 Å². The number of benzene rings is 1. The molecule has 0 saturated carbocycles. The van der Waals surface area contributed by atoms with Crippen molar-refractivity contribution in [2.24, 2.45) is 5.92 Å². The van der Waals surface area contributed by atoms with E-state index in [9.17, 15) is 4.79 Å². The van der Waals surface area contributed by atoms with Crippen molar-refractivity contribution in [3.8, 4) is 6.07 Å². The summed E-state index contributed by atoms with van der Waals surface area (Å²) in [5.41, 5.74) is 4.11. The minimum absolute atomic E-state index is 0.0145. The number of rotatable bonds is 3. The molecule has 1 aromatic carbocycles. The average molecular weight is 297 g/mol. The number of carbonyl (C=O) groups excluding carboxylic acids is 1. The lowest BCUT2D eigenvalue weighted by atomic mass is 9.90. The number of nitriles is 1. The van der Waals surface area contributed by atoms with Crippen LogP contribution in [0.3, 0.4) is 0 Å². The highest BCUT2D eigenvalue weighted by Crippen LogP contribution is 2.35. The number of nitrogens with zero attached hydrogens (tertiary/aromatic N) is 2. The van der Waals surface area contributed by atoms with Gasteiger partial charge in [-0.25, -0.2) is 0 Å². The maximum Gasteiger partial charge on any atom is 0.243 e. The topological polar surface area (TPSA) is 56.1 Å². The molecule has 0 radical (unpaired) electrons. The number of aryl methyl sites for hydroxylation is 1. The molecule has 2 aliphatic rings. The molecule has 22 heavy (non-hydrogen) atoms. The molecule has 116 valence electrons. The first-order valence-electron chi connectivity index (χ1n) is 8.22. The van der Waals surface area contributed by atoms with E-state index in [1.807, 2.05) is 6.07 Å². The number of nitrogens with one attached hydrogen (secondary N) is 1. The zero-order valence-electron chi connectivity index (χ0n) is 13.1. The monoisotopic (exact) mass is 297 g/mol. The Morgan fingerprint density at radius 2 is 2.23 bits per heavy atom. The van der Waals surface area contributed by atoms with Crippen LogP contribution in [-0.2, 0) is 17.6 Å². The molecule has 1 heterocycles. The van der Waals surface area contributed by atoms with Gasteiger partial charge in [0.05, 0.1) is 6.07 Å². The lowest BCUT2D eigenvalue weighted by Gasteiger charge is -2.30. The third-order valence-electron chi connectivity index (χ3n) is 4.84. The number of anilines is 1. The largest absolute Gasteiger partial charge is 0.359 e. The Morgan fingerprint density at radius 1 is 1.41 bits per heavy atom. The second kappa shape index (κ2) is 6.39. The molecule has 0 bridgehead atoms. The summed E-state index contributed by atoms with van der Waals surface area (Å²) in [6.07, 6.45) is 5.62. The van der Waals surface area contributed by atoms with Gasteiger partial charge in [-0.05, 0) is 55.2 Å². The van der Waals surface area contributed by atoms with Gasteiger partial charge in [-0.2, -0.15) is 5.26 Å². The SMILES string of the molecule is CC1C[C@@H](C(=O)NCC#N)N(c2cccc3c2CCCC3)C1. The highest BCUT2D eigenvalue weighted by Gasteiger charge is 2.36. The molecule has 0 aromatic heterocycles. The van der Waals surface area contributed by atoms with Gasteiger partial charge in [-0.1, -0.05) is 19.1 Å². The third-order valence-corrected chi connectivity index (χ3v) is 4.84. The molecule has 2 atom stereocenters. The minimum atomic E-state index is -0.142. The zero-order chi connectivity index (χ0) is 15.5. The van der Waals surface area contributed by atoms with Gasteiger partial charge in [0.1, 0.15) is 12.6 Å². The van der Waals surface area contributed by atoms with Crippen molar-refractivity contribution in [2.75, 3.05) is 18.0 Å². The normalized spacial score (nSPS) is 23.7. The Kier molecular flexibility index (Phi) is 4.33. The standard InChI is InChI=1S/C18H23N3O/c1-13-11-17(18(22)20-10-9-19)21(12-13)16-8-4-6-14-5-2-3-7-15(14)16/h4,6,8,13,17H,2-3,5,7,10-12H2,1H3,(H,20,22)/t13?,17-/m0/s1. The summed E-state index contributed by atoms with van der Waals surface area (Å²) in [7, 11) is 0. The van der Waals surface area contributed by atoms with Gasteiger partial charge in [0.2, 0.25) is 5.91 Å². The highest BCUT2D eigenvalue weighted by molar-refractivity contribution is 5.86. The molecule has 1 saturated heterocycles. The van der Waals surface area contributed by atoms with E-state index < -0.39 is 0 Å². The number of amides is 1. The summed E-state index contributed by atoms with van der Waals surface area (Å²) < 4.78 is 0. The molecule has 4 nitrogen and oxygen atoms in total. The molecule has 1 aliphatic carbocycles. The summed E-state index contributed by atoms with van der Waals surface area (Å²) >= 11 is 0. The molecule has 0 spiro atoms. The summed E-state index contributed by atoms with van der Waals surface area (Å²) in [4.78, 5) is 14.7. The minimum Gasteiger partial charge on any atom is -0.359 e. The fraction of sp³-hybridized carbons (Fsp3) is 0.556. The van der Waals surface area contributed by atoms with Gasteiger partial charge < -0.3 is 10.2 Å². The van der Waals surface area contributed by atoms with Crippen molar-refractivity contribution < 1.29 is 4.79 Å². The van der Waals surface area contributed by atoms with Crippen LogP contribution in [0, 0.1) is 17.2 Å². The lowest BCUT2D eigenvalue weighted by Crippen LogP contribution is -2.44. The second-order valence-electron chi connectivity index (χ2n) is 6.51. The first-order valence-corrected chi connectivity index (χ1v) is 8.22.